The Morgan fingerprint density at radius 1 is 1.33 bits per heavy atom. The predicted octanol–water partition coefficient (Wildman–Crippen LogP) is 1.33. The van der Waals surface area contributed by atoms with Gasteiger partial charge in [0.05, 0.1) is 25.6 Å². The molecular weight excluding hydrogens is 194 g/mol. The topological polar surface area (TPSA) is 61.5 Å². The highest BCUT2D eigenvalue weighted by Crippen LogP contribution is 2.23. The number of amides is 1. The molecule has 0 spiro atoms. The van der Waals surface area contributed by atoms with Crippen molar-refractivity contribution in [1.82, 2.24) is 0 Å². The Morgan fingerprint density at radius 3 is 2.13 bits per heavy atom. The van der Waals surface area contributed by atoms with Crippen LogP contribution >= 0.6 is 0 Å². The summed E-state index contributed by atoms with van der Waals surface area (Å²) < 4.78 is 10.7. The van der Waals surface area contributed by atoms with E-state index in [0.29, 0.717) is 19.6 Å². The van der Waals surface area contributed by atoms with Crippen molar-refractivity contribution in [2.24, 2.45) is 11.7 Å². The molecule has 84 valence electrons. The van der Waals surface area contributed by atoms with Crippen LogP contribution in [0.15, 0.2) is 23.7 Å². The first-order chi connectivity index (χ1) is 7.17. The van der Waals surface area contributed by atoms with Gasteiger partial charge in [0.2, 0.25) is 5.91 Å². The summed E-state index contributed by atoms with van der Waals surface area (Å²) >= 11 is 0. The van der Waals surface area contributed by atoms with Gasteiger partial charge in [-0.3, -0.25) is 4.79 Å². The van der Waals surface area contributed by atoms with Crippen molar-refractivity contribution in [2.45, 2.75) is 20.3 Å². The van der Waals surface area contributed by atoms with Crippen LogP contribution in [0.2, 0.25) is 0 Å². The lowest BCUT2D eigenvalue weighted by Crippen LogP contribution is -2.23. The molecule has 0 aromatic carbocycles. The minimum Gasteiger partial charge on any atom is -0.498 e. The van der Waals surface area contributed by atoms with Gasteiger partial charge < -0.3 is 15.2 Å². The van der Waals surface area contributed by atoms with Crippen LogP contribution in [0.3, 0.4) is 0 Å². The lowest BCUT2D eigenvalue weighted by molar-refractivity contribution is -0.119. The molecule has 0 fully saturated rings. The number of nitrogens with two attached hydrogens (primary N) is 1. The molecule has 0 aromatic heterocycles. The van der Waals surface area contributed by atoms with E-state index in [1.807, 2.05) is 13.8 Å². The molecule has 15 heavy (non-hydrogen) atoms. The number of hydrogen-bond donors (Lipinski definition) is 1. The Morgan fingerprint density at radius 2 is 1.80 bits per heavy atom. The third kappa shape index (κ3) is 3.31. The van der Waals surface area contributed by atoms with E-state index in [4.69, 9.17) is 15.2 Å². The van der Waals surface area contributed by atoms with E-state index >= 15 is 0 Å². The summed E-state index contributed by atoms with van der Waals surface area (Å²) in [5.74, 6) is 0.713. The molecule has 0 aromatic rings. The lowest BCUT2D eigenvalue weighted by atomic mass is 10.00. The van der Waals surface area contributed by atoms with E-state index in [-0.39, 0.29) is 5.91 Å². The molecule has 0 radical (unpaired) electrons. The van der Waals surface area contributed by atoms with E-state index in [1.54, 1.807) is 12.2 Å². The Bertz CT molecular complexity index is 272. The van der Waals surface area contributed by atoms with E-state index in [9.17, 15) is 4.79 Å². The predicted molar refractivity (Wildman–Crippen MR) is 56.7 cm³/mol. The molecule has 0 atom stereocenters. The molecule has 0 aliphatic heterocycles. The zero-order chi connectivity index (χ0) is 11.3. The van der Waals surface area contributed by atoms with Crippen LogP contribution in [0.4, 0.5) is 0 Å². The molecule has 0 heterocycles. The van der Waals surface area contributed by atoms with Gasteiger partial charge in [-0.05, 0) is 26.0 Å². The number of hydrogen-bond acceptors (Lipinski definition) is 3. The van der Waals surface area contributed by atoms with Crippen LogP contribution in [0.25, 0.3) is 0 Å². The Balaban J connectivity index is 2.74. The normalized spacial score (nSPS) is 16.7. The van der Waals surface area contributed by atoms with Crippen LogP contribution < -0.4 is 5.73 Å². The maximum absolute atomic E-state index is 11.1. The van der Waals surface area contributed by atoms with Crippen LogP contribution in [0, 0.1) is 5.92 Å². The van der Waals surface area contributed by atoms with Gasteiger partial charge in [0.1, 0.15) is 11.5 Å². The third-order valence-corrected chi connectivity index (χ3v) is 2.07. The van der Waals surface area contributed by atoms with Gasteiger partial charge in [-0.25, -0.2) is 0 Å². The molecule has 1 aliphatic carbocycles. The molecule has 0 saturated carbocycles. The second-order valence-electron chi connectivity index (χ2n) is 3.24. The minimum atomic E-state index is -0.415. The van der Waals surface area contributed by atoms with Crippen molar-refractivity contribution < 1.29 is 14.3 Å². The number of carbonyl (C=O) groups excluding carboxylic acids is 1. The quantitative estimate of drug-likeness (QED) is 0.746. The first kappa shape index (κ1) is 11.6. The van der Waals surface area contributed by atoms with Crippen LogP contribution in [0.5, 0.6) is 0 Å². The number of ether oxygens (including phenoxy) is 2. The highest BCUT2D eigenvalue weighted by atomic mass is 16.5. The highest BCUT2D eigenvalue weighted by molar-refractivity contribution is 5.81. The zero-order valence-electron chi connectivity index (χ0n) is 9.16. The number of rotatable bonds is 5. The maximum atomic E-state index is 11.1. The summed E-state index contributed by atoms with van der Waals surface area (Å²) in [6, 6.07) is 0. The van der Waals surface area contributed by atoms with Gasteiger partial charge in [-0.2, -0.15) is 0 Å². The first-order valence-corrected chi connectivity index (χ1v) is 5.13. The van der Waals surface area contributed by atoms with E-state index in [1.165, 1.54) is 0 Å². The average molecular weight is 211 g/mol. The number of primary amides is 1. The van der Waals surface area contributed by atoms with Crippen molar-refractivity contribution in [2.75, 3.05) is 13.2 Å². The molecule has 1 amide bonds. The fraction of sp³-hybridized carbons (Fsp3) is 0.545. The van der Waals surface area contributed by atoms with E-state index < -0.39 is 5.92 Å². The van der Waals surface area contributed by atoms with Crippen molar-refractivity contribution in [1.29, 1.82) is 0 Å². The number of carbonyl (C=O) groups is 1. The standard InChI is InChI=1S/C11H17NO3/c1-3-14-9-5-8(11(12)13)6-10(7-9)15-4-2/h5-6,8H,3-4,7H2,1-2H3,(H2,12,13). The molecule has 0 bridgehead atoms. The molecule has 4 heteroatoms. The summed E-state index contributed by atoms with van der Waals surface area (Å²) in [5, 5.41) is 0. The van der Waals surface area contributed by atoms with Crippen LogP contribution in [0.1, 0.15) is 20.3 Å². The van der Waals surface area contributed by atoms with Gasteiger partial charge >= 0.3 is 0 Å². The highest BCUT2D eigenvalue weighted by Gasteiger charge is 2.19. The van der Waals surface area contributed by atoms with Crippen molar-refractivity contribution >= 4 is 5.91 Å². The Kier molecular flexibility index (Phi) is 4.21. The second-order valence-corrected chi connectivity index (χ2v) is 3.24. The van der Waals surface area contributed by atoms with Gasteiger partial charge in [-0.1, -0.05) is 0 Å². The van der Waals surface area contributed by atoms with Gasteiger partial charge in [0.15, 0.2) is 0 Å². The summed E-state index contributed by atoms with van der Waals surface area (Å²) in [5.41, 5.74) is 5.24. The molecular formula is C11H17NO3. The molecule has 4 nitrogen and oxygen atoms in total. The van der Waals surface area contributed by atoms with Crippen LogP contribution in [-0.2, 0) is 14.3 Å². The van der Waals surface area contributed by atoms with Gasteiger partial charge in [0, 0.05) is 0 Å². The fourth-order valence-electron chi connectivity index (χ4n) is 1.47. The summed E-state index contributed by atoms with van der Waals surface area (Å²) in [6.45, 7) is 4.96. The fourth-order valence-corrected chi connectivity index (χ4v) is 1.47. The zero-order valence-corrected chi connectivity index (χ0v) is 9.16. The average Bonchev–Trinajstić information content (AvgIpc) is 2.18. The molecule has 0 saturated heterocycles. The SMILES string of the molecule is CCOC1=CC(C(N)=O)C=C(OCC)C1. The van der Waals surface area contributed by atoms with Crippen molar-refractivity contribution in [3.63, 3.8) is 0 Å². The molecule has 1 rings (SSSR count). The summed E-state index contributed by atoms with van der Waals surface area (Å²) in [6.07, 6.45) is 4.09. The summed E-state index contributed by atoms with van der Waals surface area (Å²) in [7, 11) is 0. The van der Waals surface area contributed by atoms with Crippen molar-refractivity contribution in [3.8, 4) is 0 Å². The minimum absolute atomic E-state index is 0.385. The van der Waals surface area contributed by atoms with Gasteiger partial charge in [0.25, 0.3) is 0 Å². The smallest absolute Gasteiger partial charge is 0.228 e. The lowest BCUT2D eigenvalue weighted by Gasteiger charge is -2.19. The van der Waals surface area contributed by atoms with E-state index in [2.05, 4.69) is 0 Å². The summed E-state index contributed by atoms with van der Waals surface area (Å²) in [4.78, 5) is 11.1. The third-order valence-electron chi connectivity index (χ3n) is 2.07. The molecule has 0 unspecified atom stereocenters. The Hall–Kier alpha value is -1.45. The maximum Gasteiger partial charge on any atom is 0.228 e. The first-order valence-electron chi connectivity index (χ1n) is 5.13. The molecule has 1 aliphatic rings. The molecule has 2 N–H and O–H groups in total. The van der Waals surface area contributed by atoms with Crippen molar-refractivity contribution in [3.05, 3.63) is 23.7 Å². The van der Waals surface area contributed by atoms with E-state index in [0.717, 1.165) is 11.5 Å². The Labute approximate surface area is 89.7 Å². The second kappa shape index (κ2) is 5.44. The monoisotopic (exact) mass is 211 g/mol. The van der Waals surface area contributed by atoms with Gasteiger partial charge in [-0.15, -0.1) is 0 Å². The van der Waals surface area contributed by atoms with Crippen LogP contribution in [-0.4, -0.2) is 19.1 Å². The largest absolute Gasteiger partial charge is 0.498 e.